The minimum absolute atomic E-state index is 0.182. The fourth-order valence-electron chi connectivity index (χ4n) is 4.91. The van der Waals surface area contributed by atoms with E-state index in [9.17, 15) is 4.39 Å². The molecular formula is C26H33FN4. The molecule has 0 N–H and O–H groups in total. The Hall–Kier alpha value is -2.53. The van der Waals surface area contributed by atoms with Crippen LogP contribution in [0.1, 0.15) is 78.2 Å². The first-order valence-corrected chi connectivity index (χ1v) is 11.3. The van der Waals surface area contributed by atoms with Crippen LogP contribution in [0.25, 0.3) is 0 Å². The second-order valence-electron chi connectivity index (χ2n) is 9.16. The molecule has 4 nitrogen and oxygen atoms in total. The van der Waals surface area contributed by atoms with E-state index in [-0.39, 0.29) is 5.82 Å². The van der Waals surface area contributed by atoms with Gasteiger partial charge in [0.25, 0.3) is 0 Å². The summed E-state index contributed by atoms with van der Waals surface area (Å²) in [6, 6.07) is 11.9. The summed E-state index contributed by atoms with van der Waals surface area (Å²) < 4.78 is 15.8. The van der Waals surface area contributed by atoms with Crippen molar-refractivity contribution >= 4 is 0 Å². The number of benzene rings is 1. The normalized spacial score (nSPS) is 17.1. The molecule has 0 saturated carbocycles. The van der Waals surface area contributed by atoms with Crippen LogP contribution in [-0.2, 0) is 13.0 Å². The van der Waals surface area contributed by atoms with E-state index >= 15 is 0 Å². The molecule has 1 aromatic carbocycles. The first-order chi connectivity index (χ1) is 14.8. The van der Waals surface area contributed by atoms with Crippen LogP contribution >= 0.6 is 0 Å². The summed E-state index contributed by atoms with van der Waals surface area (Å²) >= 11 is 0. The Bertz CT molecular complexity index is 1070. The number of rotatable bonds is 6. The van der Waals surface area contributed by atoms with Crippen LogP contribution in [0.15, 0.2) is 36.4 Å². The maximum absolute atomic E-state index is 13.6. The lowest BCUT2D eigenvalue weighted by Crippen LogP contribution is -2.24. The number of nitrogens with zero attached hydrogens (tertiary/aromatic N) is 4. The number of pyridine rings is 1. The second kappa shape index (κ2) is 8.91. The third-order valence-corrected chi connectivity index (χ3v) is 6.36. The van der Waals surface area contributed by atoms with Crippen molar-refractivity contribution in [1.82, 2.24) is 19.7 Å². The summed E-state index contributed by atoms with van der Waals surface area (Å²) in [5, 5.41) is 4.78. The van der Waals surface area contributed by atoms with Crippen molar-refractivity contribution in [3.8, 4) is 0 Å². The molecular weight excluding hydrogens is 387 g/mol. The van der Waals surface area contributed by atoms with Gasteiger partial charge in [0.1, 0.15) is 5.82 Å². The van der Waals surface area contributed by atoms with Crippen molar-refractivity contribution < 1.29 is 4.39 Å². The largest absolute Gasteiger partial charge is 0.290 e. The van der Waals surface area contributed by atoms with Gasteiger partial charge in [-0.05, 0) is 95.8 Å². The fraction of sp³-hybridized carbons (Fsp3) is 0.462. The molecule has 1 fully saturated rings. The molecule has 0 bridgehead atoms. The first kappa shape index (κ1) is 21.7. The summed E-state index contributed by atoms with van der Waals surface area (Å²) in [6.07, 6.45) is 3.02. The Morgan fingerprint density at radius 1 is 1.10 bits per heavy atom. The number of aryl methyl sites for hydroxylation is 2. The third-order valence-electron chi connectivity index (χ3n) is 6.36. The first-order valence-electron chi connectivity index (χ1n) is 11.3. The van der Waals surface area contributed by atoms with E-state index in [2.05, 4.69) is 56.3 Å². The highest BCUT2D eigenvalue weighted by molar-refractivity contribution is 5.31. The molecule has 5 heteroatoms. The smallest absolute Gasteiger partial charge is 0.123 e. The summed E-state index contributed by atoms with van der Waals surface area (Å²) in [7, 11) is 0. The Balaban J connectivity index is 1.58. The number of aromatic nitrogens is 3. The highest BCUT2D eigenvalue weighted by Gasteiger charge is 2.29. The zero-order chi connectivity index (χ0) is 22.1. The minimum atomic E-state index is -0.182. The lowest BCUT2D eigenvalue weighted by molar-refractivity contribution is 0.243. The van der Waals surface area contributed by atoms with Gasteiger partial charge in [-0.3, -0.25) is 14.6 Å². The van der Waals surface area contributed by atoms with Crippen LogP contribution < -0.4 is 0 Å². The molecule has 3 aromatic rings. The fourth-order valence-corrected chi connectivity index (χ4v) is 4.91. The average molecular weight is 421 g/mol. The quantitative estimate of drug-likeness (QED) is 0.501. The van der Waals surface area contributed by atoms with Gasteiger partial charge in [-0.15, -0.1) is 0 Å². The molecule has 3 heterocycles. The molecule has 31 heavy (non-hydrogen) atoms. The van der Waals surface area contributed by atoms with E-state index in [1.807, 2.05) is 6.07 Å². The van der Waals surface area contributed by atoms with Crippen LogP contribution in [0.2, 0.25) is 0 Å². The van der Waals surface area contributed by atoms with Crippen LogP contribution in [-0.4, -0.2) is 26.2 Å². The summed E-state index contributed by atoms with van der Waals surface area (Å²) in [5.41, 5.74) is 8.08. The van der Waals surface area contributed by atoms with Gasteiger partial charge < -0.3 is 0 Å². The van der Waals surface area contributed by atoms with E-state index in [0.29, 0.717) is 12.1 Å². The lowest BCUT2D eigenvalue weighted by atomic mass is 10.0. The SMILES string of the molecule is Cc1cc(Cc2cccc(F)c2)cc([C@@H]2CCCN2Cc2c(C)nn(C(C)C)c2C)n1. The highest BCUT2D eigenvalue weighted by atomic mass is 19.1. The van der Waals surface area contributed by atoms with Gasteiger partial charge in [0, 0.05) is 29.5 Å². The van der Waals surface area contributed by atoms with Gasteiger partial charge in [-0.2, -0.15) is 5.10 Å². The monoisotopic (exact) mass is 420 g/mol. The number of halogens is 1. The molecule has 0 radical (unpaired) electrons. The van der Waals surface area contributed by atoms with Crippen LogP contribution in [0, 0.1) is 26.6 Å². The van der Waals surface area contributed by atoms with Gasteiger partial charge in [0.05, 0.1) is 17.4 Å². The Morgan fingerprint density at radius 2 is 1.90 bits per heavy atom. The Morgan fingerprint density at radius 3 is 2.61 bits per heavy atom. The zero-order valence-corrected chi connectivity index (χ0v) is 19.3. The van der Waals surface area contributed by atoms with Crippen molar-refractivity contribution in [2.75, 3.05) is 6.54 Å². The molecule has 2 aromatic heterocycles. The lowest BCUT2D eigenvalue weighted by Gasteiger charge is -2.25. The molecule has 0 spiro atoms. The highest BCUT2D eigenvalue weighted by Crippen LogP contribution is 2.34. The maximum Gasteiger partial charge on any atom is 0.123 e. The Kier molecular flexibility index (Phi) is 6.24. The van der Waals surface area contributed by atoms with E-state index < -0.39 is 0 Å². The van der Waals surface area contributed by atoms with Crippen molar-refractivity contribution in [1.29, 1.82) is 0 Å². The summed E-state index contributed by atoms with van der Waals surface area (Å²) in [4.78, 5) is 7.46. The van der Waals surface area contributed by atoms with Crippen LogP contribution in [0.3, 0.4) is 0 Å². The predicted molar refractivity (Wildman–Crippen MR) is 123 cm³/mol. The summed E-state index contributed by atoms with van der Waals surface area (Å²) in [5.74, 6) is -0.182. The van der Waals surface area contributed by atoms with Crippen LogP contribution in [0.5, 0.6) is 0 Å². The van der Waals surface area contributed by atoms with E-state index in [1.54, 1.807) is 12.1 Å². The zero-order valence-electron chi connectivity index (χ0n) is 19.3. The van der Waals surface area contributed by atoms with Gasteiger partial charge in [-0.1, -0.05) is 12.1 Å². The molecule has 164 valence electrons. The van der Waals surface area contributed by atoms with Crippen molar-refractivity contribution in [3.05, 3.63) is 81.7 Å². The van der Waals surface area contributed by atoms with Crippen molar-refractivity contribution in [3.63, 3.8) is 0 Å². The number of hydrogen-bond donors (Lipinski definition) is 0. The molecule has 1 aliphatic rings. The standard InChI is InChI=1S/C26H33FN4/c1-17(2)31-20(5)24(19(4)29-31)16-30-11-7-10-26(30)25-15-22(12-18(3)28-25)13-21-8-6-9-23(27)14-21/h6,8-9,12,14-15,17,26H,7,10-11,13,16H2,1-5H3/t26-/m0/s1. The average Bonchev–Trinajstić information content (AvgIpc) is 3.27. The number of hydrogen-bond acceptors (Lipinski definition) is 3. The third kappa shape index (κ3) is 4.72. The molecule has 0 aliphatic carbocycles. The second-order valence-corrected chi connectivity index (χ2v) is 9.16. The predicted octanol–water partition coefficient (Wildman–Crippen LogP) is 5.85. The maximum atomic E-state index is 13.6. The minimum Gasteiger partial charge on any atom is -0.290 e. The molecule has 0 unspecified atom stereocenters. The molecule has 1 aliphatic heterocycles. The number of likely N-dealkylation sites (tertiary alicyclic amines) is 1. The van der Waals surface area contributed by atoms with E-state index in [0.717, 1.165) is 48.6 Å². The summed E-state index contributed by atoms with van der Waals surface area (Å²) in [6.45, 7) is 12.7. The van der Waals surface area contributed by atoms with Gasteiger partial charge in [-0.25, -0.2) is 4.39 Å². The van der Waals surface area contributed by atoms with Crippen molar-refractivity contribution in [2.45, 2.75) is 72.5 Å². The molecule has 1 saturated heterocycles. The van der Waals surface area contributed by atoms with Gasteiger partial charge in [0.2, 0.25) is 0 Å². The van der Waals surface area contributed by atoms with Crippen molar-refractivity contribution in [2.24, 2.45) is 0 Å². The molecule has 4 rings (SSSR count). The Labute approximate surface area is 185 Å². The van der Waals surface area contributed by atoms with Gasteiger partial charge in [0.15, 0.2) is 0 Å². The van der Waals surface area contributed by atoms with E-state index in [1.165, 1.54) is 29.3 Å². The topological polar surface area (TPSA) is 34.0 Å². The van der Waals surface area contributed by atoms with E-state index in [4.69, 9.17) is 10.1 Å². The molecule has 1 atom stereocenters. The van der Waals surface area contributed by atoms with Gasteiger partial charge >= 0.3 is 0 Å². The molecule has 0 amide bonds. The van der Waals surface area contributed by atoms with Crippen LogP contribution in [0.4, 0.5) is 4.39 Å².